The lowest BCUT2D eigenvalue weighted by atomic mass is 10.0. The molecule has 2 saturated heterocycles. The van der Waals surface area contributed by atoms with Gasteiger partial charge in [0.05, 0.1) is 30.8 Å². The highest BCUT2D eigenvalue weighted by molar-refractivity contribution is 8.00. The number of ether oxygens (including phenoxy) is 1. The number of nitrogens with zero attached hydrogens (tertiary/aromatic N) is 2. The van der Waals surface area contributed by atoms with Crippen LogP contribution in [0.25, 0.3) is 0 Å². The number of carbonyl (C=O) groups excluding carboxylic acids is 2. The number of hydrogen-bond donors (Lipinski definition) is 0. The lowest BCUT2D eigenvalue weighted by Gasteiger charge is -2.27. The van der Waals surface area contributed by atoms with Crippen molar-refractivity contribution in [3.63, 3.8) is 0 Å². The first kappa shape index (κ1) is 17.3. The molecule has 1 unspecified atom stereocenters. The smallest absolute Gasteiger partial charge is 0.233 e. The lowest BCUT2D eigenvalue weighted by Crippen LogP contribution is -2.41. The van der Waals surface area contributed by atoms with Gasteiger partial charge in [-0.2, -0.15) is 0 Å². The third kappa shape index (κ3) is 4.30. The highest BCUT2D eigenvalue weighted by Crippen LogP contribution is 2.32. The van der Waals surface area contributed by atoms with E-state index in [9.17, 15) is 9.59 Å². The molecule has 0 aliphatic carbocycles. The van der Waals surface area contributed by atoms with Gasteiger partial charge in [-0.1, -0.05) is 30.3 Å². The number of likely N-dealkylation sites (tertiary alicyclic amines) is 1. The molecule has 0 spiro atoms. The number of thioether (sulfide) groups is 1. The molecule has 0 bridgehead atoms. The normalized spacial score (nSPS) is 21.1. The van der Waals surface area contributed by atoms with E-state index in [1.54, 1.807) is 0 Å². The molecule has 1 atom stereocenters. The van der Waals surface area contributed by atoms with Gasteiger partial charge in [-0.05, 0) is 18.4 Å². The summed E-state index contributed by atoms with van der Waals surface area (Å²) in [5.41, 5.74) is 1.21. The highest BCUT2D eigenvalue weighted by atomic mass is 32.2. The molecular formula is C18H24N2O3S. The number of rotatable bonds is 5. The monoisotopic (exact) mass is 348 g/mol. The maximum atomic E-state index is 12.5. The van der Waals surface area contributed by atoms with Crippen LogP contribution in [0.5, 0.6) is 0 Å². The van der Waals surface area contributed by atoms with Crippen molar-refractivity contribution in [2.24, 2.45) is 0 Å². The van der Waals surface area contributed by atoms with Crippen LogP contribution in [0.3, 0.4) is 0 Å². The molecule has 0 N–H and O–H groups in total. The molecule has 0 saturated carbocycles. The fraction of sp³-hybridized carbons (Fsp3) is 0.556. The third-order valence-electron chi connectivity index (χ3n) is 4.57. The Balaban J connectivity index is 1.47. The Bertz CT molecular complexity index is 561. The summed E-state index contributed by atoms with van der Waals surface area (Å²) in [5, 5.41) is 0. The van der Waals surface area contributed by atoms with Gasteiger partial charge in [-0.15, -0.1) is 11.8 Å². The second-order valence-electron chi connectivity index (χ2n) is 6.14. The number of hydrogen-bond acceptors (Lipinski definition) is 4. The van der Waals surface area contributed by atoms with Gasteiger partial charge in [0.2, 0.25) is 11.8 Å². The van der Waals surface area contributed by atoms with Crippen LogP contribution in [-0.4, -0.2) is 66.0 Å². The average Bonchev–Trinajstić information content (AvgIpc) is 3.13. The minimum absolute atomic E-state index is 0.108. The summed E-state index contributed by atoms with van der Waals surface area (Å²) in [6, 6.07) is 10.4. The van der Waals surface area contributed by atoms with Crippen LogP contribution in [0.4, 0.5) is 0 Å². The van der Waals surface area contributed by atoms with Crippen LogP contribution >= 0.6 is 11.8 Å². The Hall–Kier alpha value is -1.53. The van der Waals surface area contributed by atoms with Crippen molar-refractivity contribution in [2.75, 3.05) is 44.4 Å². The van der Waals surface area contributed by atoms with Crippen LogP contribution in [-0.2, 0) is 14.3 Å². The quantitative estimate of drug-likeness (QED) is 0.816. The van der Waals surface area contributed by atoms with Gasteiger partial charge in [0.15, 0.2) is 0 Å². The molecule has 3 rings (SSSR count). The molecule has 5 nitrogen and oxygen atoms in total. The summed E-state index contributed by atoms with van der Waals surface area (Å²) >= 11 is 1.42. The predicted molar refractivity (Wildman–Crippen MR) is 94.9 cm³/mol. The highest BCUT2D eigenvalue weighted by Gasteiger charge is 2.29. The third-order valence-corrected chi connectivity index (χ3v) is 5.47. The van der Waals surface area contributed by atoms with Crippen molar-refractivity contribution >= 4 is 23.6 Å². The summed E-state index contributed by atoms with van der Waals surface area (Å²) in [5.74, 6) is 0.993. The maximum Gasteiger partial charge on any atom is 0.233 e. The minimum Gasteiger partial charge on any atom is -0.378 e. The van der Waals surface area contributed by atoms with E-state index in [0.29, 0.717) is 37.8 Å². The molecule has 6 heteroatoms. The minimum atomic E-state index is 0.108. The van der Waals surface area contributed by atoms with E-state index >= 15 is 0 Å². The van der Waals surface area contributed by atoms with Gasteiger partial charge in [0.25, 0.3) is 0 Å². The molecule has 0 aromatic heterocycles. The van der Waals surface area contributed by atoms with Crippen LogP contribution in [0.2, 0.25) is 0 Å². The standard InChI is InChI=1S/C18H24N2O3S/c21-17(19-9-11-23-12-10-19)13-24-14-18(22)20-8-4-7-16(20)15-5-2-1-3-6-15/h1-3,5-6,16H,4,7-14H2. The molecule has 2 fully saturated rings. The SMILES string of the molecule is O=C(CSCC(=O)N1CCCC1c1ccccc1)N1CCOCC1. The number of carbonyl (C=O) groups is 2. The first-order valence-corrected chi connectivity index (χ1v) is 9.69. The Morgan fingerprint density at radius 3 is 2.50 bits per heavy atom. The van der Waals surface area contributed by atoms with Gasteiger partial charge in [0.1, 0.15) is 0 Å². The largest absolute Gasteiger partial charge is 0.378 e. The van der Waals surface area contributed by atoms with Gasteiger partial charge in [-0.25, -0.2) is 0 Å². The van der Waals surface area contributed by atoms with E-state index in [1.807, 2.05) is 28.0 Å². The average molecular weight is 348 g/mol. The van der Waals surface area contributed by atoms with Crippen LogP contribution in [0.15, 0.2) is 30.3 Å². The summed E-state index contributed by atoms with van der Waals surface area (Å²) in [6.45, 7) is 3.37. The Kier molecular flexibility index (Phi) is 6.15. The van der Waals surface area contributed by atoms with Crippen LogP contribution < -0.4 is 0 Å². The fourth-order valence-electron chi connectivity index (χ4n) is 3.30. The van der Waals surface area contributed by atoms with Gasteiger partial charge >= 0.3 is 0 Å². The molecule has 24 heavy (non-hydrogen) atoms. The van der Waals surface area contributed by atoms with E-state index in [2.05, 4.69) is 12.1 Å². The molecule has 2 heterocycles. The molecule has 2 aliphatic rings. The lowest BCUT2D eigenvalue weighted by molar-refractivity contribution is -0.132. The number of benzene rings is 1. The number of morpholine rings is 1. The summed E-state index contributed by atoms with van der Waals surface area (Å²) < 4.78 is 5.25. The van der Waals surface area contributed by atoms with E-state index in [4.69, 9.17) is 4.74 Å². The van der Waals surface area contributed by atoms with E-state index in [-0.39, 0.29) is 17.9 Å². The fourth-order valence-corrected chi connectivity index (χ4v) is 4.10. The Labute approximate surface area is 147 Å². The van der Waals surface area contributed by atoms with Crippen molar-refractivity contribution in [3.8, 4) is 0 Å². The molecule has 1 aromatic carbocycles. The molecule has 1 aromatic rings. The molecule has 130 valence electrons. The van der Waals surface area contributed by atoms with Crippen molar-refractivity contribution in [2.45, 2.75) is 18.9 Å². The van der Waals surface area contributed by atoms with Crippen LogP contribution in [0, 0.1) is 0 Å². The van der Waals surface area contributed by atoms with Gasteiger partial charge in [0, 0.05) is 19.6 Å². The van der Waals surface area contributed by atoms with Crippen molar-refractivity contribution < 1.29 is 14.3 Å². The van der Waals surface area contributed by atoms with Gasteiger partial charge < -0.3 is 14.5 Å². The van der Waals surface area contributed by atoms with Crippen molar-refractivity contribution in [1.29, 1.82) is 0 Å². The molecule has 2 aliphatic heterocycles. The zero-order valence-corrected chi connectivity index (χ0v) is 14.7. The molecule has 2 amide bonds. The van der Waals surface area contributed by atoms with Crippen molar-refractivity contribution in [1.82, 2.24) is 9.80 Å². The molecular weight excluding hydrogens is 324 g/mol. The summed E-state index contributed by atoms with van der Waals surface area (Å²) in [7, 11) is 0. The topological polar surface area (TPSA) is 49.9 Å². The summed E-state index contributed by atoms with van der Waals surface area (Å²) in [6.07, 6.45) is 2.07. The zero-order chi connectivity index (χ0) is 16.8. The Morgan fingerprint density at radius 1 is 1.04 bits per heavy atom. The first-order valence-electron chi connectivity index (χ1n) is 8.53. The number of amides is 2. The van der Waals surface area contributed by atoms with Gasteiger partial charge in [-0.3, -0.25) is 9.59 Å². The second-order valence-corrected chi connectivity index (χ2v) is 7.13. The molecule has 0 radical (unpaired) electrons. The van der Waals surface area contributed by atoms with Crippen LogP contribution in [0.1, 0.15) is 24.4 Å². The Morgan fingerprint density at radius 2 is 1.75 bits per heavy atom. The van der Waals surface area contributed by atoms with Crippen molar-refractivity contribution in [3.05, 3.63) is 35.9 Å². The maximum absolute atomic E-state index is 12.5. The van der Waals surface area contributed by atoms with E-state index < -0.39 is 0 Å². The second kappa shape index (κ2) is 8.53. The predicted octanol–water partition coefficient (Wildman–Crippen LogP) is 1.94. The zero-order valence-electron chi connectivity index (χ0n) is 13.9. The van der Waals surface area contributed by atoms with E-state index in [1.165, 1.54) is 17.3 Å². The summed E-state index contributed by atoms with van der Waals surface area (Å²) in [4.78, 5) is 28.5. The van der Waals surface area contributed by atoms with E-state index in [0.717, 1.165) is 19.4 Å². The first-order chi connectivity index (χ1) is 11.8.